The number of nitrogens with one attached hydrogen (secondary N) is 1. The molecule has 0 saturated heterocycles. The highest BCUT2D eigenvalue weighted by molar-refractivity contribution is 6.30. The van der Waals surface area contributed by atoms with Crippen LogP contribution in [0.3, 0.4) is 0 Å². The SMILES string of the molecule is CC(=O)COc1cc(CN[C@@](Cc2ccccc2)(c2cc(F)cc(C(F)(F)F)c2)c2ccc(Cl)cn2)ccc1F. The third-order valence-electron chi connectivity index (χ3n) is 6.22. The largest absolute Gasteiger partial charge is 0.483 e. The summed E-state index contributed by atoms with van der Waals surface area (Å²) in [6, 6.07) is 18.4. The Bertz CT molecular complexity index is 1480. The van der Waals surface area contributed by atoms with Crippen molar-refractivity contribution in [3.63, 3.8) is 0 Å². The molecule has 1 heterocycles. The summed E-state index contributed by atoms with van der Waals surface area (Å²) in [6.45, 7) is 0.963. The molecule has 0 unspecified atom stereocenters. The van der Waals surface area contributed by atoms with Crippen LogP contribution in [-0.4, -0.2) is 17.4 Å². The van der Waals surface area contributed by atoms with Crippen LogP contribution in [0.15, 0.2) is 85.1 Å². The molecule has 0 aliphatic heterocycles. The first-order chi connectivity index (χ1) is 19.0. The van der Waals surface area contributed by atoms with E-state index in [1.165, 1.54) is 25.3 Å². The highest BCUT2D eigenvalue weighted by atomic mass is 35.5. The molecule has 3 aromatic carbocycles. The van der Waals surface area contributed by atoms with Gasteiger partial charge in [0.2, 0.25) is 0 Å². The first kappa shape index (κ1) is 29.2. The van der Waals surface area contributed by atoms with Gasteiger partial charge in [-0.1, -0.05) is 48.0 Å². The number of aromatic nitrogens is 1. The summed E-state index contributed by atoms with van der Waals surface area (Å²) >= 11 is 6.07. The minimum Gasteiger partial charge on any atom is -0.483 e. The summed E-state index contributed by atoms with van der Waals surface area (Å²) in [5.41, 5.74) is -1.14. The second kappa shape index (κ2) is 12.1. The Morgan fingerprint density at radius 2 is 1.65 bits per heavy atom. The molecule has 4 rings (SSSR count). The van der Waals surface area contributed by atoms with Crippen molar-refractivity contribution >= 4 is 17.4 Å². The van der Waals surface area contributed by atoms with E-state index in [0.29, 0.717) is 16.7 Å². The molecular weight excluding hydrogens is 551 g/mol. The Kier molecular flexibility index (Phi) is 8.85. The summed E-state index contributed by atoms with van der Waals surface area (Å²) in [7, 11) is 0. The number of halogens is 6. The van der Waals surface area contributed by atoms with Crippen LogP contribution in [0.4, 0.5) is 22.0 Å². The zero-order chi connectivity index (χ0) is 28.9. The van der Waals surface area contributed by atoms with E-state index >= 15 is 0 Å². The number of ketones is 1. The number of hydrogen-bond donors (Lipinski definition) is 1. The second-order valence-corrected chi connectivity index (χ2v) is 9.70. The molecule has 0 aliphatic carbocycles. The zero-order valence-corrected chi connectivity index (χ0v) is 22.0. The Labute approximate surface area is 232 Å². The number of carbonyl (C=O) groups is 1. The van der Waals surface area contributed by atoms with E-state index < -0.39 is 28.9 Å². The van der Waals surface area contributed by atoms with E-state index in [0.717, 1.165) is 23.8 Å². The van der Waals surface area contributed by atoms with Crippen molar-refractivity contribution in [2.24, 2.45) is 0 Å². The van der Waals surface area contributed by atoms with Gasteiger partial charge in [0.05, 0.1) is 21.8 Å². The molecule has 4 nitrogen and oxygen atoms in total. The number of rotatable bonds is 10. The van der Waals surface area contributed by atoms with Crippen LogP contribution >= 0.6 is 11.6 Å². The molecule has 0 bridgehead atoms. The van der Waals surface area contributed by atoms with Crippen molar-refractivity contribution in [3.05, 3.63) is 130 Å². The number of ether oxygens (including phenoxy) is 1. The molecule has 1 N–H and O–H groups in total. The lowest BCUT2D eigenvalue weighted by Crippen LogP contribution is -2.46. The molecule has 0 aliphatic rings. The molecule has 4 aromatic rings. The van der Waals surface area contributed by atoms with Crippen LogP contribution in [0.2, 0.25) is 5.02 Å². The molecule has 1 aromatic heterocycles. The first-order valence-electron chi connectivity index (χ1n) is 12.2. The van der Waals surface area contributed by atoms with Gasteiger partial charge in [-0.05, 0) is 66.1 Å². The first-order valence-corrected chi connectivity index (χ1v) is 12.5. The Morgan fingerprint density at radius 1 is 0.925 bits per heavy atom. The fourth-order valence-corrected chi connectivity index (χ4v) is 4.44. The van der Waals surface area contributed by atoms with E-state index in [1.54, 1.807) is 42.5 Å². The predicted molar refractivity (Wildman–Crippen MR) is 141 cm³/mol. The number of carbonyl (C=O) groups excluding carboxylic acids is 1. The number of nitrogens with zero attached hydrogens (tertiary/aromatic N) is 1. The van der Waals surface area contributed by atoms with E-state index in [9.17, 15) is 26.7 Å². The van der Waals surface area contributed by atoms with Gasteiger partial charge in [0.25, 0.3) is 0 Å². The number of alkyl halides is 3. The van der Waals surface area contributed by atoms with Gasteiger partial charge in [0, 0.05) is 19.2 Å². The molecular formula is C30H24ClF5N2O2. The molecule has 0 saturated carbocycles. The van der Waals surface area contributed by atoms with Gasteiger partial charge < -0.3 is 4.74 Å². The Hall–Kier alpha value is -3.82. The third kappa shape index (κ3) is 7.03. The third-order valence-corrected chi connectivity index (χ3v) is 6.44. The minimum absolute atomic E-state index is 0.00822. The van der Waals surface area contributed by atoms with E-state index in [4.69, 9.17) is 16.3 Å². The van der Waals surface area contributed by atoms with Crippen molar-refractivity contribution in [2.75, 3.05) is 6.61 Å². The summed E-state index contributed by atoms with van der Waals surface area (Å²) in [5.74, 6) is -2.21. The van der Waals surface area contributed by atoms with Gasteiger partial charge in [-0.3, -0.25) is 15.1 Å². The van der Waals surface area contributed by atoms with Crippen molar-refractivity contribution in [1.29, 1.82) is 0 Å². The highest BCUT2D eigenvalue weighted by Crippen LogP contribution is 2.38. The Morgan fingerprint density at radius 3 is 2.30 bits per heavy atom. The average molecular weight is 575 g/mol. The Balaban J connectivity index is 1.86. The molecule has 1 atom stereocenters. The fraction of sp³-hybridized carbons (Fsp3) is 0.200. The molecule has 0 spiro atoms. The van der Waals surface area contributed by atoms with E-state index in [1.807, 2.05) is 0 Å². The molecule has 0 amide bonds. The highest BCUT2D eigenvalue weighted by Gasteiger charge is 2.39. The maximum atomic E-state index is 14.8. The van der Waals surface area contributed by atoms with Crippen molar-refractivity contribution < 1.29 is 31.5 Å². The van der Waals surface area contributed by atoms with Crippen molar-refractivity contribution in [3.8, 4) is 5.75 Å². The van der Waals surface area contributed by atoms with Gasteiger partial charge in [-0.2, -0.15) is 13.2 Å². The van der Waals surface area contributed by atoms with E-state index in [2.05, 4.69) is 10.3 Å². The molecule has 40 heavy (non-hydrogen) atoms. The molecule has 0 fully saturated rings. The number of hydrogen-bond acceptors (Lipinski definition) is 4. The van der Waals surface area contributed by atoms with Gasteiger partial charge in [0.15, 0.2) is 17.3 Å². The average Bonchev–Trinajstić information content (AvgIpc) is 2.91. The summed E-state index contributed by atoms with van der Waals surface area (Å²) in [6.07, 6.45) is -3.37. The van der Waals surface area contributed by atoms with Gasteiger partial charge in [-0.15, -0.1) is 0 Å². The summed E-state index contributed by atoms with van der Waals surface area (Å²) in [5, 5.41) is 3.59. The molecule has 208 valence electrons. The maximum absolute atomic E-state index is 14.8. The molecule has 0 radical (unpaired) electrons. The predicted octanol–water partition coefficient (Wildman–Crippen LogP) is 7.28. The van der Waals surface area contributed by atoms with Crippen LogP contribution in [0, 0.1) is 11.6 Å². The van der Waals surface area contributed by atoms with E-state index in [-0.39, 0.29) is 42.4 Å². The molecule has 10 heteroatoms. The minimum atomic E-state index is -4.80. The van der Waals surface area contributed by atoms with Crippen LogP contribution in [0.5, 0.6) is 5.75 Å². The van der Waals surface area contributed by atoms with Crippen LogP contribution < -0.4 is 10.1 Å². The number of Topliss-reactive ketones (excluding diaryl/α,β-unsaturated/α-hetero) is 1. The maximum Gasteiger partial charge on any atom is 0.416 e. The van der Waals surface area contributed by atoms with Crippen LogP contribution in [0.1, 0.15) is 34.9 Å². The topological polar surface area (TPSA) is 51.2 Å². The van der Waals surface area contributed by atoms with Crippen molar-refractivity contribution in [2.45, 2.75) is 31.6 Å². The monoisotopic (exact) mass is 574 g/mol. The lowest BCUT2D eigenvalue weighted by Gasteiger charge is -2.36. The van der Waals surface area contributed by atoms with Crippen molar-refractivity contribution in [1.82, 2.24) is 10.3 Å². The quantitative estimate of drug-likeness (QED) is 0.202. The standard InChI is InChI=1S/C30H24ClF5N2O2/c1-19(39)18-40-27-11-21(7-9-26(27)33)16-38-29(15-20-5-3-2-4-6-20,28-10-8-24(31)17-37-28)22-12-23(30(34,35)36)14-25(32)13-22/h2-14,17,38H,15-16,18H2,1H3/t29-/m0/s1. The number of pyridine rings is 1. The zero-order valence-electron chi connectivity index (χ0n) is 21.2. The van der Waals surface area contributed by atoms with Gasteiger partial charge in [0.1, 0.15) is 12.4 Å². The second-order valence-electron chi connectivity index (χ2n) is 9.26. The van der Waals surface area contributed by atoms with Crippen LogP contribution in [0.25, 0.3) is 0 Å². The smallest absolute Gasteiger partial charge is 0.416 e. The normalized spacial score (nSPS) is 13.1. The lowest BCUT2D eigenvalue weighted by atomic mass is 9.79. The summed E-state index contributed by atoms with van der Waals surface area (Å²) < 4.78 is 75.7. The number of benzene rings is 3. The fourth-order valence-electron chi connectivity index (χ4n) is 4.33. The summed E-state index contributed by atoms with van der Waals surface area (Å²) in [4.78, 5) is 15.7. The lowest BCUT2D eigenvalue weighted by molar-refractivity contribution is -0.137. The van der Waals surface area contributed by atoms with Gasteiger partial charge in [-0.25, -0.2) is 8.78 Å². The van der Waals surface area contributed by atoms with Gasteiger partial charge >= 0.3 is 6.18 Å². The van der Waals surface area contributed by atoms with Crippen LogP contribution in [-0.2, 0) is 29.5 Å².